The van der Waals surface area contributed by atoms with Crippen LogP contribution in [0.2, 0.25) is 0 Å². The number of rotatable bonds is 5. The average molecular weight is 202 g/mol. The maximum absolute atomic E-state index is 9.58. The standard InChI is InChI=1S/C10H18O4/c1-2-3-4-5-10(9(12)8-11)13-6-7-14-10/h2-3,9,11-12H,4-8H2,1H3/b3-2+/t9-/m1/s1. The van der Waals surface area contributed by atoms with Crippen LogP contribution < -0.4 is 0 Å². The second-order valence-electron chi connectivity index (χ2n) is 3.31. The van der Waals surface area contributed by atoms with E-state index in [1.807, 2.05) is 19.1 Å². The summed E-state index contributed by atoms with van der Waals surface area (Å²) in [5.74, 6) is -0.992. The first kappa shape index (κ1) is 11.7. The summed E-state index contributed by atoms with van der Waals surface area (Å²) < 4.78 is 10.7. The van der Waals surface area contributed by atoms with Crippen LogP contribution in [0.3, 0.4) is 0 Å². The summed E-state index contributed by atoms with van der Waals surface area (Å²) in [5, 5.41) is 18.5. The first-order valence-corrected chi connectivity index (χ1v) is 4.93. The van der Waals surface area contributed by atoms with E-state index in [2.05, 4.69) is 0 Å². The third-order valence-electron chi connectivity index (χ3n) is 2.35. The van der Waals surface area contributed by atoms with Crippen LogP contribution >= 0.6 is 0 Å². The van der Waals surface area contributed by atoms with Crippen molar-refractivity contribution in [3.05, 3.63) is 12.2 Å². The molecule has 0 radical (unpaired) electrons. The molecule has 0 aromatic carbocycles. The van der Waals surface area contributed by atoms with Gasteiger partial charge in [0.15, 0.2) is 5.79 Å². The van der Waals surface area contributed by atoms with E-state index in [-0.39, 0.29) is 6.61 Å². The topological polar surface area (TPSA) is 58.9 Å². The van der Waals surface area contributed by atoms with Gasteiger partial charge in [0.25, 0.3) is 0 Å². The molecule has 1 fully saturated rings. The fraction of sp³-hybridized carbons (Fsp3) is 0.800. The Bertz CT molecular complexity index is 185. The molecule has 0 unspecified atom stereocenters. The molecule has 1 atom stereocenters. The average Bonchev–Trinajstić information content (AvgIpc) is 2.67. The minimum atomic E-state index is -0.992. The minimum absolute atomic E-state index is 0.337. The monoisotopic (exact) mass is 202 g/mol. The van der Waals surface area contributed by atoms with Crippen LogP contribution in [0.25, 0.3) is 0 Å². The van der Waals surface area contributed by atoms with Gasteiger partial charge in [-0.05, 0) is 13.3 Å². The number of hydrogen-bond acceptors (Lipinski definition) is 4. The lowest BCUT2D eigenvalue weighted by Crippen LogP contribution is -2.45. The molecule has 1 heterocycles. The number of aliphatic hydroxyl groups is 2. The highest BCUT2D eigenvalue weighted by atomic mass is 16.7. The largest absolute Gasteiger partial charge is 0.393 e. The van der Waals surface area contributed by atoms with Gasteiger partial charge in [-0.25, -0.2) is 0 Å². The lowest BCUT2D eigenvalue weighted by molar-refractivity contribution is -0.230. The van der Waals surface area contributed by atoms with Crippen LogP contribution in [0.5, 0.6) is 0 Å². The van der Waals surface area contributed by atoms with Crippen LogP contribution in [0, 0.1) is 0 Å². The van der Waals surface area contributed by atoms with E-state index in [1.165, 1.54) is 0 Å². The predicted molar refractivity (Wildman–Crippen MR) is 51.8 cm³/mol. The SMILES string of the molecule is C/C=C/CCC1([C@H](O)CO)OCCO1. The third-order valence-corrected chi connectivity index (χ3v) is 2.35. The molecule has 0 aliphatic carbocycles. The van der Waals surface area contributed by atoms with Crippen LogP contribution in [-0.4, -0.2) is 41.9 Å². The van der Waals surface area contributed by atoms with Gasteiger partial charge in [-0.15, -0.1) is 0 Å². The van der Waals surface area contributed by atoms with Crippen LogP contribution in [0.15, 0.2) is 12.2 Å². The molecule has 0 spiro atoms. The molecule has 1 saturated heterocycles. The number of aliphatic hydroxyl groups excluding tert-OH is 2. The normalized spacial score (nSPS) is 23.1. The van der Waals surface area contributed by atoms with Crippen molar-refractivity contribution in [2.45, 2.75) is 31.7 Å². The molecule has 4 heteroatoms. The molecule has 1 aliphatic rings. The number of ether oxygens (including phenoxy) is 2. The molecule has 0 amide bonds. The van der Waals surface area contributed by atoms with Crippen molar-refractivity contribution < 1.29 is 19.7 Å². The highest BCUT2D eigenvalue weighted by Crippen LogP contribution is 2.28. The Balaban J connectivity index is 2.52. The first-order chi connectivity index (χ1) is 6.75. The Morgan fingerprint density at radius 3 is 2.57 bits per heavy atom. The molecule has 0 bridgehead atoms. The summed E-state index contributed by atoms with van der Waals surface area (Å²) in [6.07, 6.45) is 4.30. The van der Waals surface area contributed by atoms with Gasteiger partial charge in [0.1, 0.15) is 6.10 Å². The van der Waals surface area contributed by atoms with Crippen LogP contribution in [0.4, 0.5) is 0 Å². The fourth-order valence-electron chi connectivity index (χ4n) is 1.56. The summed E-state index contributed by atoms with van der Waals surface area (Å²) in [4.78, 5) is 0. The minimum Gasteiger partial charge on any atom is -0.393 e. The summed E-state index contributed by atoms with van der Waals surface area (Å²) in [6.45, 7) is 2.56. The van der Waals surface area contributed by atoms with E-state index < -0.39 is 11.9 Å². The Morgan fingerprint density at radius 1 is 1.43 bits per heavy atom. The van der Waals surface area contributed by atoms with Crippen molar-refractivity contribution in [1.29, 1.82) is 0 Å². The second-order valence-corrected chi connectivity index (χ2v) is 3.31. The molecular formula is C10H18O4. The van der Waals surface area contributed by atoms with Crippen molar-refractivity contribution >= 4 is 0 Å². The van der Waals surface area contributed by atoms with E-state index in [9.17, 15) is 5.11 Å². The maximum atomic E-state index is 9.58. The smallest absolute Gasteiger partial charge is 0.197 e. The lowest BCUT2D eigenvalue weighted by Gasteiger charge is -2.30. The molecule has 0 aromatic heterocycles. The van der Waals surface area contributed by atoms with Crippen molar-refractivity contribution in [2.75, 3.05) is 19.8 Å². The van der Waals surface area contributed by atoms with E-state index in [0.717, 1.165) is 6.42 Å². The van der Waals surface area contributed by atoms with Gasteiger partial charge in [0.2, 0.25) is 0 Å². The van der Waals surface area contributed by atoms with Gasteiger partial charge >= 0.3 is 0 Å². The van der Waals surface area contributed by atoms with Gasteiger partial charge in [-0.3, -0.25) is 0 Å². The quantitative estimate of drug-likeness (QED) is 0.635. The van der Waals surface area contributed by atoms with Crippen molar-refractivity contribution in [3.63, 3.8) is 0 Å². The fourth-order valence-corrected chi connectivity index (χ4v) is 1.56. The molecular weight excluding hydrogens is 184 g/mol. The van der Waals surface area contributed by atoms with Crippen molar-refractivity contribution in [1.82, 2.24) is 0 Å². The van der Waals surface area contributed by atoms with Gasteiger partial charge < -0.3 is 19.7 Å². The Labute approximate surface area is 84.1 Å². The van der Waals surface area contributed by atoms with Gasteiger partial charge in [-0.2, -0.15) is 0 Å². The first-order valence-electron chi connectivity index (χ1n) is 4.93. The molecule has 2 N–H and O–H groups in total. The highest BCUT2D eigenvalue weighted by Gasteiger charge is 2.42. The van der Waals surface area contributed by atoms with E-state index >= 15 is 0 Å². The molecule has 1 aliphatic heterocycles. The Morgan fingerprint density at radius 2 is 2.07 bits per heavy atom. The third kappa shape index (κ3) is 2.54. The molecule has 4 nitrogen and oxygen atoms in total. The molecule has 1 rings (SSSR count). The zero-order chi connectivity index (χ0) is 10.4. The summed E-state index contributed by atoms with van der Waals surface area (Å²) in [5.41, 5.74) is 0. The van der Waals surface area contributed by atoms with E-state index in [4.69, 9.17) is 14.6 Å². The molecule has 82 valence electrons. The zero-order valence-electron chi connectivity index (χ0n) is 8.48. The molecule has 0 aromatic rings. The van der Waals surface area contributed by atoms with Gasteiger partial charge in [0.05, 0.1) is 19.8 Å². The van der Waals surface area contributed by atoms with Crippen LogP contribution in [0.1, 0.15) is 19.8 Å². The lowest BCUT2D eigenvalue weighted by atomic mass is 10.0. The number of hydrogen-bond donors (Lipinski definition) is 2. The van der Waals surface area contributed by atoms with Crippen molar-refractivity contribution in [2.24, 2.45) is 0 Å². The highest BCUT2D eigenvalue weighted by molar-refractivity contribution is 4.87. The van der Waals surface area contributed by atoms with E-state index in [1.54, 1.807) is 0 Å². The summed E-state index contributed by atoms with van der Waals surface area (Å²) in [7, 11) is 0. The van der Waals surface area contributed by atoms with Crippen LogP contribution in [-0.2, 0) is 9.47 Å². The van der Waals surface area contributed by atoms with Gasteiger partial charge in [-0.1, -0.05) is 12.2 Å². The summed E-state index contributed by atoms with van der Waals surface area (Å²) >= 11 is 0. The van der Waals surface area contributed by atoms with Gasteiger partial charge in [0, 0.05) is 6.42 Å². The number of allylic oxidation sites excluding steroid dienone is 2. The van der Waals surface area contributed by atoms with Crippen molar-refractivity contribution in [3.8, 4) is 0 Å². The predicted octanol–water partition coefficient (Wildman–Crippen LogP) is 0.439. The summed E-state index contributed by atoms with van der Waals surface area (Å²) in [6, 6.07) is 0. The molecule has 0 saturated carbocycles. The Hall–Kier alpha value is -0.420. The second kappa shape index (κ2) is 5.46. The Kier molecular flexibility index (Phi) is 4.54. The zero-order valence-corrected chi connectivity index (χ0v) is 8.48. The molecule has 14 heavy (non-hydrogen) atoms. The maximum Gasteiger partial charge on any atom is 0.197 e. The van der Waals surface area contributed by atoms with E-state index in [0.29, 0.717) is 19.6 Å².